The first-order chi connectivity index (χ1) is 7.99. The fourth-order valence-electron chi connectivity index (χ4n) is 2.06. The number of aromatic nitrogens is 2. The van der Waals surface area contributed by atoms with Crippen molar-refractivity contribution in [3.8, 4) is 0 Å². The Bertz CT molecular complexity index is 570. The first-order valence-corrected chi connectivity index (χ1v) is 5.68. The first kappa shape index (κ1) is 11.6. The van der Waals surface area contributed by atoms with Gasteiger partial charge in [0.15, 0.2) is 0 Å². The van der Waals surface area contributed by atoms with Crippen LogP contribution in [-0.4, -0.2) is 20.5 Å². The number of pyridine rings is 1. The van der Waals surface area contributed by atoms with Crippen LogP contribution in [0.3, 0.4) is 0 Å². The molecule has 0 amide bonds. The summed E-state index contributed by atoms with van der Waals surface area (Å²) in [5.74, 6) is -0.445. The maximum Gasteiger partial charge on any atom is 0.307 e. The highest BCUT2D eigenvalue weighted by atomic mass is 16.4. The SMILES string of the molecule is Cc1c(C(C)C)nc2cc(CC(=O)O)ccn12. The fraction of sp³-hybridized carbons (Fsp3) is 0.385. The van der Waals surface area contributed by atoms with Crippen molar-refractivity contribution in [2.75, 3.05) is 0 Å². The van der Waals surface area contributed by atoms with Crippen molar-refractivity contribution in [2.24, 2.45) is 0 Å². The fourth-order valence-corrected chi connectivity index (χ4v) is 2.06. The number of imidazole rings is 1. The van der Waals surface area contributed by atoms with Crippen molar-refractivity contribution in [1.82, 2.24) is 9.38 Å². The van der Waals surface area contributed by atoms with E-state index in [0.717, 1.165) is 22.6 Å². The summed E-state index contributed by atoms with van der Waals surface area (Å²) >= 11 is 0. The first-order valence-electron chi connectivity index (χ1n) is 5.68. The van der Waals surface area contributed by atoms with Crippen LogP contribution >= 0.6 is 0 Å². The zero-order valence-corrected chi connectivity index (χ0v) is 10.3. The maximum absolute atomic E-state index is 10.7. The molecule has 17 heavy (non-hydrogen) atoms. The van der Waals surface area contributed by atoms with Crippen LogP contribution in [0.15, 0.2) is 18.3 Å². The molecule has 2 aromatic rings. The minimum Gasteiger partial charge on any atom is -0.481 e. The lowest BCUT2D eigenvalue weighted by molar-refractivity contribution is -0.136. The van der Waals surface area contributed by atoms with Gasteiger partial charge in [0.1, 0.15) is 5.65 Å². The highest BCUT2D eigenvalue weighted by Crippen LogP contribution is 2.20. The Morgan fingerprint density at radius 2 is 2.24 bits per heavy atom. The van der Waals surface area contributed by atoms with Gasteiger partial charge in [0, 0.05) is 11.9 Å². The van der Waals surface area contributed by atoms with Crippen molar-refractivity contribution in [3.63, 3.8) is 0 Å². The Balaban J connectivity index is 2.51. The molecule has 0 saturated carbocycles. The third-order valence-corrected chi connectivity index (χ3v) is 2.87. The van der Waals surface area contributed by atoms with Gasteiger partial charge in [0.2, 0.25) is 0 Å². The molecule has 2 heterocycles. The Hall–Kier alpha value is -1.84. The Labute approximate surface area is 99.9 Å². The van der Waals surface area contributed by atoms with Crippen LogP contribution in [0.4, 0.5) is 0 Å². The van der Waals surface area contributed by atoms with Gasteiger partial charge in [-0.05, 0) is 30.5 Å². The van der Waals surface area contributed by atoms with Crippen molar-refractivity contribution >= 4 is 11.6 Å². The molecule has 0 aliphatic heterocycles. The zero-order chi connectivity index (χ0) is 12.6. The summed E-state index contributed by atoms with van der Waals surface area (Å²) in [6.07, 6.45) is 1.93. The molecule has 2 aromatic heterocycles. The standard InChI is InChI=1S/C13H16N2O2/c1-8(2)13-9(3)15-5-4-10(7-12(16)17)6-11(15)14-13/h4-6,8H,7H2,1-3H3,(H,16,17). The van der Waals surface area contributed by atoms with Gasteiger partial charge in [-0.3, -0.25) is 4.79 Å². The maximum atomic E-state index is 10.7. The van der Waals surface area contributed by atoms with Gasteiger partial charge in [0.05, 0.1) is 12.1 Å². The number of hydrogen-bond acceptors (Lipinski definition) is 2. The molecule has 1 N–H and O–H groups in total. The van der Waals surface area contributed by atoms with E-state index in [1.54, 1.807) is 0 Å². The van der Waals surface area contributed by atoms with E-state index < -0.39 is 5.97 Å². The predicted molar refractivity (Wildman–Crippen MR) is 65.4 cm³/mol. The summed E-state index contributed by atoms with van der Waals surface area (Å²) in [5.41, 5.74) is 3.80. The number of rotatable bonds is 3. The summed E-state index contributed by atoms with van der Waals surface area (Å²) in [7, 11) is 0. The Morgan fingerprint density at radius 1 is 1.53 bits per heavy atom. The number of hydrogen-bond donors (Lipinski definition) is 1. The molecule has 4 nitrogen and oxygen atoms in total. The molecule has 0 unspecified atom stereocenters. The lowest BCUT2D eigenvalue weighted by Crippen LogP contribution is -2.00. The van der Waals surface area contributed by atoms with Crippen LogP contribution in [0.1, 0.15) is 36.7 Å². The van der Waals surface area contributed by atoms with Crippen molar-refractivity contribution < 1.29 is 9.90 Å². The van der Waals surface area contributed by atoms with E-state index in [9.17, 15) is 4.79 Å². The Kier molecular flexibility index (Phi) is 2.88. The van der Waals surface area contributed by atoms with E-state index in [1.165, 1.54) is 0 Å². The highest BCUT2D eigenvalue weighted by Gasteiger charge is 2.12. The van der Waals surface area contributed by atoms with Crippen molar-refractivity contribution in [3.05, 3.63) is 35.3 Å². The molecule has 0 saturated heterocycles. The second kappa shape index (κ2) is 4.20. The van der Waals surface area contributed by atoms with E-state index in [2.05, 4.69) is 18.8 Å². The molecule has 0 bridgehead atoms. The third kappa shape index (κ3) is 2.16. The molecule has 0 radical (unpaired) electrons. The molecule has 0 aliphatic rings. The van der Waals surface area contributed by atoms with Gasteiger partial charge in [-0.2, -0.15) is 0 Å². The molecular formula is C13H16N2O2. The third-order valence-electron chi connectivity index (χ3n) is 2.87. The normalized spacial score (nSPS) is 11.3. The molecule has 0 aliphatic carbocycles. The number of carboxylic acid groups (broad SMARTS) is 1. The molecule has 0 fully saturated rings. The monoisotopic (exact) mass is 232 g/mol. The van der Waals surface area contributed by atoms with Crippen LogP contribution in [0.25, 0.3) is 5.65 Å². The Morgan fingerprint density at radius 3 is 2.82 bits per heavy atom. The summed E-state index contributed by atoms with van der Waals surface area (Å²) < 4.78 is 2.00. The quantitative estimate of drug-likeness (QED) is 0.884. The van der Waals surface area contributed by atoms with Crippen molar-refractivity contribution in [2.45, 2.75) is 33.1 Å². The molecule has 90 valence electrons. The van der Waals surface area contributed by atoms with Crippen LogP contribution in [-0.2, 0) is 11.2 Å². The smallest absolute Gasteiger partial charge is 0.307 e. The molecule has 0 atom stereocenters. The lowest BCUT2D eigenvalue weighted by atomic mass is 10.1. The van der Waals surface area contributed by atoms with Crippen LogP contribution < -0.4 is 0 Å². The van der Waals surface area contributed by atoms with Gasteiger partial charge in [-0.1, -0.05) is 13.8 Å². The number of fused-ring (bicyclic) bond motifs is 1. The number of nitrogens with zero attached hydrogens (tertiary/aromatic N) is 2. The van der Waals surface area contributed by atoms with Crippen molar-refractivity contribution in [1.29, 1.82) is 0 Å². The predicted octanol–water partition coefficient (Wildman–Crippen LogP) is 2.39. The molecule has 0 spiro atoms. The molecule has 4 heteroatoms. The highest BCUT2D eigenvalue weighted by molar-refractivity contribution is 5.70. The summed E-state index contributed by atoms with van der Waals surface area (Å²) in [4.78, 5) is 15.2. The van der Waals surface area contributed by atoms with E-state index in [0.29, 0.717) is 5.92 Å². The average molecular weight is 232 g/mol. The average Bonchev–Trinajstić information content (AvgIpc) is 2.55. The van der Waals surface area contributed by atoms with Crippen LogP contribution in [0, 0.1) is 6.92 Å². The summed E-state index contributed by atoms with van der Waals surface area (Å²) in [5, 5.41) is 8.76. The lowest BCUT2D eigenvalue weighted by Gasteiger charge is -2.01. The van der Waals surface area contributed by atoms with Gasteiger partial charge >= 0.3 is 5.97 Å². The van der Waals surface area contributed by atoms with E-state index in [1.807, 2.05) is 29.7 Å². The second-order valence-corrected chi connectivity index (χ2v) is 4.57. The molecular weight excluding hydrogens is 216 g/mol. The van der Waals surface area contributed by atoms with Gasteiger partial charge < -0.3 is 9.51 Å². The van der Waals surface area contributed by atoms with Gasteiger partial charge in [-0.25, -0.2) is 4.98 Å². The molecule has 0 aromatic carbocycles. The topological polar surface area (TPSA) is 54.6 Å². The largest absolute Gasteiger partial charge is 0.481 e. The number of aryl methyl sites for hydroxylation is 1. The zero-order valence-electron chi connectivity index (χ0n) is 10.3. The number of carbonyl (C=O) groups is 1. The van der Waals surface area contributed by atoms with E-state index >= 15 is 0 Å². The molecule has 2 rings (SSSR count). The van der Waals surface area contributed by atoms with Gasteiger partial charge in [0.25, 0.3) is 0 Å². The summed E-state index contributed by atoms with van der Waals surface area (Å²) in [6.45, 7) is 6.24. The van der Waals surface area contributed by atoms with E-state index in [4.69, 9.17) is 5.11 Å². The minimum atomic E-state index is -0.818. The van der Waals surface area contributed by atoms with E-state index in [-0.39, 0.29) is 6.42 Å². The number of carboxylic acids is 1. The number of aliphatic carboxylic acids is 1. The second-order valence-electron chi connectivity index (χ2n) is 4.57. The minimum absolute atomic E-state index is 0.0411. The van der Waals surface area contributed by atoms with Gasteiger partial charge in [-0.15, -0.1) is 0 Å². The van der Waals surface area contributed by atoms with Crippen LogP contribution in [0.2, 0.25) is 0 Å². The van der Waals surface area contributed by atoms with Crippen LogP contribution in [0.5, 0.6) is 0 Å². The summed E-state index contributed by atoms with van der Waals surface area (Å²) in [6, 6.07) is 3.67.